The summed E-state index contributed by atoms with van der Waals surface area (Å²) in [6, 6.07) is 8.30. The average Bonchev–Trinajstić information content (AvgIpc) is 2.49. The van der Waals surface area contributed by atoms with Crippen molar-refractivity contribution in [3.8, 4) is 5.75 Å². The molecule has 0 aliphatic heterocycles. The van der Waals surface area contributed by atoms with E-state index in [0.717, 1.165) is 18.7 Å². The highest BCUT2D eigenvalue weighted by atomic mass is 16.5. The summed E-state index contributed by atoms with van der Waals surface area (Å²) in [6.45, 7) is 9.07. The molecular formula is C17H29NO3. The molecule has 1 atom stereocenters. The normalized spacial score (nSPS) is 12.6. The van der Waals surface area contributed by atoms with Gasteiger partial charge in [-0.25, -0.2) is 0 Å². The van der Waals surface area contributed by atoms with E-state index in [1.165, 1.54) is 5.56 Å². The van der Waals surface area contributed by atoms with Crippen LogP contribution in [0.2, 0.25) is 0 Å². The Hall–Kier alpha value is -1.10. The van der Waals surface area contributed by atoms with Gasteiger partial charge in [-0.05, 0) is 44.5 Å². The Kier molecular flexibility index (Phi) is 9.06. The Bertz CT molecular complexity index is 382. The Morgan fingerprint density at radius 2 is 2.00 bits per heavy atom. The van der Waals surface area contributed by atoms with Crippen molar-refractivity contribution in [2.45, 2.75) is 39.3 Å². The molecule has 0 aromatic heterocycles. The zero-order chi connectivity index (χ0) is 15.5. The molecular weight excluding hydrogens is 266 g/mol. The summed E-state index contributed by atoms with van der Waals surface area (Å²) >= 11 is 0. The summed E-state index contributed by atoms with van der Waals surface area (Å²) in [7, 11) is 1.69. The number of rotatable bonds is 11. The van der Waals surface area contributed by atoms with E-state index in [1.54, 1.807) is 7.11 Å². The van der Waals surface area contributed by atoms with Crippen LogP contribution in [-0.4, -0.2) is 39.6 Å². The lowest BCUT2D eigenvalue weighted by atomic mass is 10.1. The van der Waals surface area contributed by atoms with Crippen molar-refractivity contribution in [2.75, 3.05) is 33.5 Å². The van der Waals surface area contributed by atoms with Gasteiger partial charge in [-0.15, -0.1) is 0 Å². The molecule has 0 amide bonds. The molecule has 0 heterocycles. The van der Waals surface area contributed by atoms with E-state index in [-0.39, 0.29) is 12.1 Å². The fourth-order valence-electron chi connectivity index (χ4n) is 1.99. The predicted molar refractivity (Wildman–Crippen MR) is 85.9 cm³/mol. The molecule has 0 aliphatic carbocycles. The largest absolute Gasteiger partial charge is 0.497 e. The minimum Gasteiger partial charge on any atom is -0.497 e. The second-order valence-corrected chi connectivity index (χ2v) is 5.28. The van der Waals surface area contributed by atoms with Crippen LogP contribution in [0.4, 0.5) is 0 Å². The fraction of sp³-hybridized carbons (Fsp3) is 0.647. The van der Waals surface area contributed by atoms with Gasteiger partial charge >= 0.3 is 0 Å². The molecule has 0 saturated heterocycles. The lowest BCUT2D eigenvalue weighted by Gasteiger charge is -2.20. The van der Waals surface area contributed by atoms with Crippen LogP contribution in [0.1, 0.15) is 38.8 Å². The molecule has 1 aromatic rings. The van der Waals surface area contributed by atoms with Crippen molar-refractivity contribution >= 4 is 0 Å². The summed E-state index contributed by atoms with van der Waals surface area (Å²) < 4.78 is 16.5. The quantitative estimate of drug-likeness (QED) is 0.637. The van der Waals surface area contributed by atoms with Gasteiger partial charge in [-0.1, -0.05) is 19.1 Å². The van der Waals surface area contributed by atoms with Crippen molar-refractivity contribution in [1.82, 2.24) is 5.32 Å². The minimum absolute atomic E-state index is 0.180. The van der Waals surface area contributed by atoms with E-state index in [4.69, 9.17) is 14.2 Å². The van der Waals surface area contributed by atoms with Crippen molar-refractivity contribution < 1.29 is 14.2 Å². The molecule has 0 fully saturated rings. The van der Waals surface area contributed by atoms with E-state index < -0.39 is 0 Å². The van der Waals surface area contributed by atoms with Gasteiger partial charge in [0.1, 0.15) is 5.75 Å². The maximum absolute atomic E-state index is 5.74. The maximum atomic E-state index is 5.74. The van der Waals surface area contributed by atoms with Crippen LogP contribution in [0.3, 0.4) is 0 Å². The molecule has 0 aliphatic rings. The number of ether oxygens (including phenoxy) is 3. The van der Waals surface area contributed by atoms with Gasteiger partial charge in [0.05, 0.1) is 39.1 Å². The first-order valence-electron chi connectivity index (χ1n) is 7.74. The summed E-state index contributed by atoms with van der Waals surface area (Å²) in [5, 5.41) is 3.52. The number of hydrogen-bond donors (Lipinski definition) is 1. The summed E-state index contributed by atoms with van der Waals surface area (Å²) in [4.78, 5) is 0. The molecule has 4 heteroatoms. The van der Waals surface area contributed by atoms with Gasteiger partial charge in [0.25, 0.3) is 0 Å². The fourth-order valence-corrected chi connectivity index (χ4v) is 1.99. The first-order chi connectivity index (χ1) is 10.2. The third-order valence-corrected chi connectivity index (χ3v) is 3.10. The first-order valence-corrected chi connectivity index (χ1v) is 7.74. The first kappa shape index (κ1) is 18.0. The van der Waals surface area contributed by atoms with Crippen molar-refractivity contribution in [3.63, 3.8) is 0 Å². The molecule has 0 bridgehead atoms. The highest BCUT2D eigenvalue weighted by Crippen LogP contribution is 2.19. The van der Waals surface area contributed by atoms with E-state index in [9.17, 15) is 0 Å². The van der Waals surface area contributed by atoms with Gasteiger partial charge < -0.3 is 19.5 Å². The van der Waals surface area contributed by atoms with Gasteiger partial charge in [0.2, 0.25) is 0 Å². The van der Waals surface area contributed by atoms with Crippen LogP contribution in [0.25, 0.3) is 0 Å². The van der Waals surface area contributed by atoms with Crippen molar-refractivity contribution in [2.24, 2.45) is 0 Å². The van der Waals surface area contributed by atoms with Gasteiger partial charge in [-0.3, -0.25) is 0 Å². The Balaban J connectivity index is 2.50. The van der Waals surface area contributed by atoms with Crippen LogP contribution in [0, 0.1) is 0 Å². The van der Waals surface area contributed by atoms with Crippen molar-refractivity contribution in [3.05, 3.63) is 29.8 Å². The van der Waals surface area contributed by atoms with Gasteiger partial charge in [0, 0.05) is 0 Å². The highest BCUT2D eigenvalue weighted by molar-refractivity contribution is 5.30. The topological polar surface area (TPSA) is 39.7 Å². The van der Waals surface area contributed by atoms with E-state index in [1.807, 2.05) is 26.0 Å². The molecule has 21 heavy (non-hydrogen) atoms. The molecule has 4 nitrogen and oxygen atoms in total. The third-order valence-electron chi connectivity index (χ3n) is 3.10. The molecule has 0 radical (unpaired) electrons. The minimum atomic E-state index is 0.180. The molecule has 1 aromatic carbocycles. The lowest BCUT2D eigenvalue weighted by Crippen LogP contribution is -2.27. The predicted octanol–water partition coefficient (Wildman–Crippen LogP) is 3.18. The summed E-state index contributed by atoms with van der Waals surface area (Å²) in [5.74, 6) is 0.874. The van der Waals surface area contributed by atoms with E-state index in [2.05, 4.69) is 24.4 Å². The molecule has 120 valence electrons. The van der Waals surface area contributed by atoms with Crippen LogP contribution in [0.15, 0.2) is 24.3 Å². The lowest BCUT2D eigenvalue weighted by molar-refractivity contribution is 0.0137. The zero-order valence-corrected chi connectivity index (χ0v) is 13.7. The maximum Gasteiger partial charge on any atom is 0.119 e. The Morgan fingerprint density at radius 3 is 2.67 bits per heavy atom. The van der Waals surface area contributed by atoms with E-state index in [0.29, 0.717) is 19.8 Å². The molecule has 1 rings (SSSR count). The third kappa shape index (κ3) is 7.46. The standard InChI is InChI=1S/C17H29NO3/c1-5-9-18-17(13-20-10-11-21-14(2)3)15-7-6-8-16(12-15)19-4/h6-8,12,14,17-18H,5,9-11,13H2,1-4H3. The smallest absolute Gasteiger partial charge is 0.119 e. The Labute approximate surface area is 128 Å². The van der Waals surface area contributed by atoms with Crippen molar-refractivity contribution in [1.29, 1.82) is 0 Å². The highest BCUT2D eigenvalue weighted by Gasteiger charge is 2.11. The van der Waals surface area contributed by atoms with Crippen LogP contribution < -0.4 is 10.1 Å². The molecule has 0 spiro atoms. The van der Waals surface area contributed by atoms with Crippen LogP contribution in [0.5, 0.6) is 5.75 Å². The average molecular weight is 295 g/mol. The molecule has 1 N–H and O–H groups in total. The monoisotopic (exact) mass is 295 g/mol. The summed E-state index contributed by atoms with van der Waals surface area (Å²) in [5.41, 5.74) is 1.19. The number of nitrogens with one attached hydrogen (secondary N) is 1. The van der Waals surface area contributed by atoms with Crippen LogP contribution >= 0.6 is 0 Å². The number of hydrogen-bond acceptors (Lipinski definition) is 4. The number of methoxy groups -OCH3 is 1. The van der Waals surface area contributed by atoms with Crippen LogP contribution in [-0.2, 0) is 9.47 Å². The SMILES string of the molecule is CCCNC(COCCOC(C)C)c1cccc(OC)c1. The second kappa shape index (κ2) is 10.6. The molecule has 1 unspecified atom stereocenters. The molecule has 0 saturated carbocycles. The zero-order valence-electron chi connectivity index (χ0n) is 13.7. The second-order valence-electron chi connectivity index (χ2n) is 5.28. The summed E-state index contributed by atoms with van der Waals surface area (Å²) in [6.07, 6.45) is 1.35. The Morgan fingerprint density at radius 1 is 1.19 bits per heavy atom. The van der Waals surface area contributed by atoms with Gasteiger partial charge in [0.15, 0.2) is 0 Å². The van der Waals surface area contributed by atoms with E-state index >= 15 is 0 Å². The van der Waals surface area contributed by atoms with Gasteiger partial charge in [-0.2, -0.15) is 0 Å². The number of benzene rings is 1.